The number of rotatable bonds is 0. The van der Waals surface area contributed by atoms with Crippen molar-refractivity contribution >= 4 is 10.9 Å². The fourth-order valence-electron chi connectivity index (χ4n) is 1.29. The van der Waals surface area contributed by atoms with Crippen molar-refractivity contribution in [3.05, 3.63) is 36.3 Å². The van der Waals surface area contributed by atoms with Crippen LogP contribution in [0.3, 0.4) is 0 Å². The van der Waals surface area contributed by atoms with Gasteiger partial charge in [0.25, 0.3) is 0 Å². The number of benzene rings is 1. The first kappa shape index (κ1) is 6.40. The van der Waals surface area contributed by atoms with E-state index in [0.29, 0.717) is 5.39 Å². The van der Waals surface area contributed by atoms with E-state index in [1.54, 1.807) is 10.6 Å². The van der Waals surface area contributed by atoms with Crippen molar-refractivity contribution < 1.29 is 4.39 Å². The quantitative estimate of drug-likeness (QED) is 0.541. The molecular formula is C9H8FN. The number of hydrogen-bond donors (Lipinski definition) is 0. The molecule has 1 heterocycles. The van der Waals surface area contributed by atoms with E-state index >= 15 is 0 Å². The van der Waals surface area contributed by atoms with Gasteiger partial charge in [-0.25, -0.2) is 4.39 Å². The molecule has 0 saturated heterocycles. The SMILES string of the molecule is Cn1cc(F)c2ccccc21. The summed E-state index contributed by atoms with van der Waals surface area (Å²) >= 11 is 0. The van der Waals surface area contributed by atoms with Gasteiger partial charge >= 0.3 is 0 Å². The number of aryl methyl sites for hydroxylation is 1. The van der Waals surface area contributed by atoms with E-state index in [-0.39, 0.29) is 5.82 Å². The van der Waals surface area contributed by atoms with Crippen LogP contribution in [0.5, 0.6) is 0 Å². The first-order valence-electron chi connectivity index (χ1n) is 3.48. The van der Waals surface area contributed by atoms with Crippen LogP contribution >= 0.6 is 0 Å². The number of hydrogen-bond acceptors (Lipinski definition) is 0. The normalized spacial score (nSPS) is 10.7. The highest BCUT2D eigenvalue weighted by Crippen LogP contribution is 2.17. The Morgan fingerprint density at radius 3 is 2.73 bits per heavy atom. The van der Waals surface area contributed by atoms with Crippen molar-refractivity contribution in [1.82, 2.24) is 4.57 Å². The van der Waals surface area contributed by atoms with Gasteiger partial charge in [0.15, 0.2) is 0 Å². The third-order valence-electron chi connectivity index (χ3n) is 1.85. The number of para-hydroxylation sites is 1. The highest BCUT2D eigenvalue weighted by molar-refractivity contribution is 5.80. The summed E-state index contributed by atoms with van der Waals surface area (Å²) in [5.74, 6) is -0.150. The summed E-state index contributed by atoms with van der Waals surface area (Å²) in [4.78, 5) is 0. The second-order valence-corrected chi connectivity index (χ2v) is 2.61. The van der Waals surface area contributed by atoms with Gasteiger partial charge in [0.05, 0.1) is 5.52 Å². The Labute approximate surface area is 64.1 Å². The summed E-state index contributed by atoms with van der Waals surface area (Å²) in [5, 5.41) is 0.690. The van der Waals surface area contributed by atoms with Gasteiger partial charge in [-0.2, -0.15) is 0 Å². The van der Waals surface area contributed by atoms with Crippen LogP contribution in [-0.2, 0) is 7.05 Å². The number of halogens is 1. The molecule has 0 N–H and O–H groups in total. The average Bonchev–Trinajstić information content (AvgIpc) is 2.30. The van der Waals surface area contributed by atoms with E-state index in [1.807, 2.05) is 25.2 Å². The molecule has 0 unspecified atom stereocenters. The summed E-state index contributed by atoms with van der Waals surface area (Å²) in [6, 6.07) is 7.43. The highest BCUT2D eigenvalue weighted by atomic mass is 19.1. The maximum atomic E-state index is 13.0. The third-order valence-corrected chi connectivity index (χ3v) is 1.85. The highest BCUT2D eigenvalue weighted by Gasteiger charge is 2.02. The molecular weight excluding hydrogens is 141 g/mol. The topological polar surface area (TPSA) is 4.93 Å². The Bertz CT molecular complexity index is 353. The van der Waals surface area contributed by atoms with Crippen molar-refractivity contribution in [2.24, 2.45) is 7.05 Å². The maximum Gasteiger partial charge on any atom is 0.148 e. The smallest absolute Gasteiger partial charge is 0.148 e. The van der Waals surface area contributed by atoms with Gasteiger partial charge in [-0.15, -0.1) is 0 Å². The minimum atomic E-state index is -0.150. The van der Waals surface area contributed by atoms with Gasteiger partial charge in [0.2, 0.25) is 0 Å². The lowest BCUT2D eigenvalue weighted by Crippen LogP contribution is -1.81. The number of fused-ring (bicyclic) bond motifs is 1. The van der Waals surface area contributed by atoms with E-state index in [9.17, 15) is 4.39 Å². The summed E-state index contributed by atoms with van der Waals surface area (Å²) in [7, 11) is 1.84. The van der Waals surface area contributed by atoms with Gasteiger partial charge in [0, 0.05) is 18.6 Å². The van der Waals surface area contributed by atoms with Crippen molar-refractivity contribution in [2.45, 2.75) is 0 Å². The molecule has 1 aromatic heterocycles. The molecule has 0 fully saturated rings. The summed E-state index contributed by atoms with van der Waals surface area (Å²) < 4.78 is 14.8. The first-order valence-corrected chi connectivity index (χ1v) is 3.48. The average molecular weight is 149 g/mol. The summed E-state index contributed by atoms with van der Waals surface area (Å²) in [6.45, 7) is 0. The Morgan fingerprint density at radius 1 is 1.27 bits per heavy atom. The van der Waals surface area contributed by atoms with Crippen LogP contribution in [0.15, 0.2) is 30.5 Å². The predicted molar refractivity (Wildman–Crippen MR) is 42.9 cm³/mol. The zero-order valence-corrected chi connectivity index (χ0v) is 6.21. The first-order chi connectivity index (χ1) is 5.29. The molecule has 11 heavy (non-hydrogen) atoms. The molecule has 0 atom stereocenters. The number of nitrogens with zero attached hydrogens (tertiary/aromatic N) is 1. The zero-order valence-electron chi connectivity index (χ0n) is 6.21. The van der Waals surface area contributed by atoms with Crippen LogP contribution in [0.25, 0.3) is 10.9 Å². The largest absolute Gasteiger partial charge is 0.348 e. The molecule has 0 aliphatic rings. The molecule has 0 saturated carbocycles. The van der Waals surface area contributed by atoms with Crippen molar-refractivity contribution in [1.29, 1.82) is 0 Å². The van der Waals surface area contributed by atoms with Gasteiger partial charge in [-0.3, -0.25) is 0 Å². The second kappa shape index (κ2) is 2.09. The second-order valence-electron chi connectivity index (χ2n) is 2.61. The lowest BCUT2D eigenvalue weighted by atomic mass is 10.2. The molecule has 1 nitrogen and oxygen atoms in total. The Kier molecular flexibility index (Phi) is 1.22. The van der Waals surface area contributed by atoms with Gasteiger partial charge in [-0.1, -0.05) is 12.1 Å². The molecule has 0 amide bonds. The summed E-state index contributed by atoms with van der Waals surface area (Å²) in [6.07, 6.45) is 1.49. The minimum absolute atomic E-state index is 0.150. The minimum Gasteiger partial charge on any atom is -0.348 e. The van der Waals surface area contributed by atoms with E-state index in [1.165, 1.54) is 6.20 Å². The molecule has 0 bridgehead atoms. The molecule has 56 valence electrons. The van der Waals surface area contributed by atoms with E-state index < -0.39 is 0 Å². The van der Waals surface area contributed by atoms with E-state index in [2.05, 4.69) is 0 Å². The zero-order chi connectivity index (χ0) is 7.84. The fourth-order valence-corrected chi connectivity index (χ4v) is 1.29. The van der Waals surface area contributed by atoms with Gasteiger partial charge in [-0.05, 0) is 12.1 Å². The molecule has 0 radical (unpaired) electrons. The van der Waals surface area contributed by atoms with Crippen LogP contribution < -0.4 is 0 Å². The van der Waals surface area contributed by atoms with Crippen molar-refractivity contribution in [2.75, 3.05) is 0 Å². The van der Waals surface area contributed by atoms with Crippen LogP contribution in [0.2, 0.25) is 0 Å². The van der Waals surface area contributed by atoms with E-state index in [4.69, 9.17) is 0 Å². The molecule has 2 aromatic rings. The Morgan fingerprint density at radius 2 is 2.00 bits per heavy atom. The standard InChI is InChI=1S/C9H8FN/c1-11-6-8(10)7-4-2-3-5-9(7)11/h2-6H,1H3. The van der Waals surface area contributed by atoms with Gasteiger partial charge < -0.3 is 4.57 Å². The predicted octanol–water partition coefficient (Wildman–Crippen LogP) is 2.32. The van der Waals surface area contributed by atoms with Gasteiger partial charge in [0.1, 0.15) is 5.82 Å². The molecule has 2 heteroatoms. The fraction of sp³-hybridized carbons (Fsp3) is 0.111. The van der Waals surface area contributed by atoms with Crippen molar-refractivity contribution in [3.8, 4) is 0 Å². The third kappa shape index (κ3) is 0.827. The van der Waals surface area contributed by atoms with Crippen LogP contribution in [0, 0.1) is 5.82 Å². The van der Waals surface area contributed by atoms with Crippen LogP contribution in [0.1, 0.15) is 0 Å². The number of aromatic nitrogens is 1. The van der Waals surface area contributed by atoms with Crippen LogP contribution in [-0.4, -0.2) is 4.57 Å². The molecule has 0 spiro atoms. The maximum absolute atomic E-state index is 13.0. The van der Waals surface area contributed by atoms with Crippen LogP contribution in [0.4, 0.5) is 4.39 Å². The molecule has 0 aliphatic carbocycles. The monoisotopic (exact) mass is 149 g/mol. The molecule has 1 aromatic carbocycles. The lowest BCUT2D eigenvalue weighted by molar-refractivity contribution is 0.633. The molecule has 0 aliphatic heterocycles. The Balaban J connectivity index is 2.95. The summed E-state index contributed by atoms with van der Waals surface area (Å²) in [5.41, 5.74) is 0.935. The van der Waals surface area contributed by atoms with E-state index in [0.717, 1.165) is 5.52 Å². The Hall–Kier alpha value is -1.31. The van der Waals surface area contributed by atoms with Crippen molar-refractivity contribution in [3.63, 3.8) is 0 Å². The lowest BCUT2D eigenvalue weighted by Gasteiger charge is -1.91. The molecule has 2 rings (SSSR count).